The van der Waals surface area contributed by atoms with Gasteiger partial charge in [0.2, 0.25) is 12.7 Å². The van der Waals surface area contributed by atoms with Gasteiger partial charge in [-0.2, -0.15) is 0 Å². The maximum atomic E-state index is 12.7. The number of carbonyl (C=O) groups is 1. The van der Waals surface area contributed by atoms with Crippen LogP contribution in [0.2, 0.25) is 0 Å². The Kier molecular flexibility index (Phi) is 8.23. The third kappa shape index (κ3) is 6.47. The molecule has 0 saturated heterocycles. The number of methoxy groups -OCH3 is 2. The van der Waals surface area contributed by atoms with Crippen molar-refractivity contribution in [3.8, 4) is 23.0 Å². The fourth-order valence-electron chi connectivity index (χ4n) is 4.40. The number of para-hydroxylation sites is 1. The molecule has 202 valence electrons. The quantitative estimate of drug-likeness (QED) is 0.291. The molecule has 2 aromatic carbocycles. The zero-order valence-electron chi connectivity index (χ0n) is 21.9. The molecular weight excluding hydrogens is 500 g/mol. The smallest absolute Gasteiger partial charge is 0.273 e. The maximum absolute atomic E-state index is 12.7. The van der Waals surface area contributed by atoms with Gasteiger partial charge in [0.05, 0.1) is 20.8 Å². The van der Waals surface area contributed by atoms with Crippen molar-refractivity contribution in [2.75, 3.05) is 27.6 Å². The van der Waals surface area contributed by atoms with E-state index in [1.54, 1.807) is 20.4 Å². The van der Waals surface area contributed by atoms with Crippen LogP contribution in [-0.4, -0.2) is 48.3 Å². The Hall–Kier alpha value is -4.57. The van der Waals surface area contributed by atoms with E-state index in [1.807, 2.05) is 54.6 Å². The summed E-state index contributed by atoms with van der Waals surface area (Å²) in [6.07, 6.45) is 3.75. The van der Waals surface area contributed by atoms with Crippen molar-refractivity contribution < 1.29 is 28.2 Å². The number of carbonyl (C=O) groups excluding carboxylic acids is 1. The molecule has 1 aliphatic rings. The first-order chi connectivity index (χ1) is 19.1. The second kappa shape index (κ2) is 12.3. The second-order valence-electron chi connectivity index (χ2n) is 8.94. The molecule has 2 aromatic heterocycles. The van der Waals surface area contributed by atoms with Crippen molar-refractivity contribution >= 4 is 5.91 Å². The van der Waals surface area contributed by atoms with E-state index >= 15 is 0 Å². The first kappa shape index (κ1) is 26.1. The maximum Gasteiger partial charge on any atom is 0.273 e. The Morgan fingerprint density at radius 3 is 2.72 bits per heavy atom. The van der Waals surface area contributed by atoms with E-state index < -0.39 is 0 Å². The van der Waals surface area contributed by atoms with Gasteiger partial charge in [0.1, 0.15) is 6.26 Å². The monoisotopic (exact) mass is 530 g/mol. The van der Waals surface area contributed by atoms with Gasteiger partial charge in [0, 0.05) is 43.5 Å². The van der Waals surface area contributed by atoms with Crippen molar-refractivity contribution in [1.82, 2.24) is 20.2 Å². The highest BCUT2D eigenvalue weighted by molar-refractivity contribution is 5.91. The molecule has 0 aliphatic carbocycles. The molecule has 0 atom stereocenters. The Labute approximate surface area is 226 Å². The molecule has 3 heterocycles. The zero-order valence-corrected chi connectivity index (χ0v) is 21.9. The molecule has 1 amide bonds. The fraction of sp³-hybridized carbons (Fsp3) is 0.276. The number of rotatable bonds is 12. The fourth-order valence-corrected chi connectivity index (χ4v) is 4.40. The number of benzene rings is 2. The average Bonchev–Trinajstić information content (AvgIpc) is 3.63. The van der Waals surface area contributed by atoms with Crippen molar-refractivity contribution in [2.45, 2.75) is 26.1 Å². The lowest BCUT2D eigenvalue weighted by molar-refractivity contribution is 0.0949. The molecule has 0 fully saturated rings. The third-order valence-corrected chi connectivity index (χ3v) is 6.26. The summed E-state index contributed by atoms with van der Waals surface area (Å²) < 4.78 is 27.8. The standard InChI is InChI=1S/C29H30N4O6/c1-35-25-8-5-6-21(28(25)36-2)16-33(15-20-9-10-24-26(14-20)39-19-38-24)17-27-32-23(18-37-27)29(34)31-13-11-22-7-3-4-12-30-22/h3-10,12,14,18H,11,13,15-17,19H2,1-2H3,(H,31,34). The number of amides is 1. The Morgan fingerprint density at radius 2 is 1.90 bits per heavy atom. The molecule has 0 unspecified atom stereocenters. The summed E-state index contributed by atoms with van der Waals surface area (Å²) >= 11 is 0. The second-order valence-corrected chi connectivity index (χ2v) is 8.94. The molecule has 1 aliphatic heterocycles. The van der Waals surface area contributed by atoms with Crippen LogP contribution in [0.4, 0.5) is 0 Å². The predicted molar refractivity (Wildman–Crippen MR) is 142 cm³/mol. The van der Waals surface area contributed by atoms with Crippen LogP contribution >= 0.6 is 0 Å². The lowest BCUT2D eigenvalue weighted by atomic mass is 10.1. The zero-order chi connectivity index (χ0) is 27.0. The molecule has 39 heavy (non-hydrogen) atoms. The van der Waals surface area contributed by atoms with E-state index in [2.05, 4.69) is 20.2 Å². The number of pyridine rings is 1. The van der Waals surface area contributed by atoms with Crippen LogP contribution in [0, 0.1) is 0 Å². The molecule has 5 rings (SSSR count). The van der Waals surface area contributed by atoms with Gasteiger partial charge in [-0.3, -0.25) is 14.7 Å². The Balaban J connectivity index is 1.30. The largest absolute Gasteiger partial charge is 0.493 e. The van der Waals surface area contributed by atoms with Crippen LogP contribution in [-0.2, 0) is 26.1 Å². The minimum absolute atomic E-state index is 0.215. The third-order valence-electron chi connectivity index (χ3n) is 6.26. The van der Waals surface area contributed by atoms with Gasteiger partial charge in [-0.15, -0.1) is 0 Å². The molecule has 0 saturated carbocycles. The summed E-state index contributed by atoms with van der Waals surface area (Å²) in [5.74, 6) is 2.89. The number of hydrogen-bond donors (Lipinski definition) is 1. The molecule has 4 aromatic rings. The Morgan fingerprint density at radius 1 is 1.00 bits per heavy atom. The van der Waals surface area contributed by atoms with E-state index in [0.717, 1.165) is 22.6 Å². The summed E-state index contributed by atoms with van der Waals surface area (Å²) in [6, 6.07) is 17.3. The normalized spacial score (nSPS) is 12.0. The van der Waals surface area contributed by atoms with Gasteiger partial charge in [-0.1, -0.05) is 24.3 Å². The number of fused-ring (bicyclic) bond motifs is 1. The highest BCUT2D eigenvalue weighted by Gasteiger charge is 2.20. The number of aromatic nitrogens is 2. The predicted octanol–water partition coefficient (Wildman–Crippen LogP) is 3.99. The lowest BCUT2D eigenvalue weighted by Gasteiger charge is -2.23. The van der Waals surface area contributed by atoms with Crippen molar-refractivity contribution in [1.29, 1.82) is 0 Å². The minimum Gasteiger partial charge on any atom is -0.493 e. The van der Waals surface area contributed by atoms with Crippen LogP contribution in [0.1, 0.15) is 33.2 Å². The number of nitrogens with zero attached hydrogens (tertiary/aromatic N) is 3. The molecule has 0 spiro atoms. The van der Waals surface area contributed by atoms with Gasteiger partial charge in [-0.25, -0.2) is 4.98 Å². The van der Waals surface area contributed by atoms with Crippen LogP contribution in [0.25, 0.3) is 0 Å². The van der Waals surface area contributed by atoms with E-state index in [0.29, 0.717) is 55.7 Å². The molecule has 0 radical (unpaired) electrons. The molecule has 10 nitrogen and oxygen atoms in total. The number of nitrogens with one attached hydrogen (secondary N) is 1. The van der Waals surface area contributed by atoms with Crippen molar-refractivity contribution in [2.24, 2.45) is 0 Å². The molecule has 10 heteroatoms. The summed E-state index contributed by atoms with van der Waals surface area (Å²) in [7, 11) is 3.23. The summed E-state index contributed by atoms with van der Waals surface area (Å²) in [5.41, 5.74) is 3.11. The van der Waals surface area contributed by atoms with E-state index in [1.165, 1.54) is 6.26 Å². The SMILES string of the molecule is COc1cccc(CN(Cc2ccc3c(c2)OCO3)Cc2nc(C(=O)NCCc3ccccn3)co2)c1OC. The molecule has 0 bridgehead atoms. The van der Waals surface area contributed by atoms with Gasteiger partial charge >= 0.3 is 0 Å². The average molecular weight is 531 g/mol. The number of hydrogen-bond acceptors (Lipinski definition) is 9. The molecular formula is C29H30N4O6. The van der Waals surface area contributed by atoms with E-state index in [9.17, 15) is 4.79 Å². The topological polar surface area (TPSA) is 108 Å². The van der Waals surface area contributed by atoms with Crippen molar-refractivity contribution in [3.05, 3.63) is 95.5 Å². The highest BCUT2D eigenvalue weighted by Crippen LogP contribution is 2.34. The van der Waals surface area contributed by atoms with Gasteiger partial charge in [0.25, 0.3) is 5.91 Å². The minimum atomic E-state index is -0.294. The summed E-state index contributed by atoms with van der Waals surface area (Å²) in [4.78, 5) is 23.5. The van der Waals surface area contributed by atoms with Crippen LogP contribution in [0.3, 0.4) is 0 Å². The van der Waals surface area contributed by atoms with Crippen LogP contribution in [0.5, 0.6) is 23.0 Å². The van der Waals surface area contributed by atoms with Gasteiger partial charge in [0.15, 0.2) is 28.7 Å². The van der Waals surface area contributed by atoms with E-state index in [4.69, 9.17) is 23.4 Å². The van der Waals surface area contributed by atoms with E-state index in [-0.39, 0.29) is 18.4 Å². The van der Waals surface area contributed by atoms with Crippen LogP contribution < -0.4 is 24.3 Å². The summed E-state index contributed by atoms with van der Waals surface area (Å²) in [5, 5.41) is 2.87. The van der Waals surface area contributed by atoms with Crippen LogP contribution in [0.15, 0.2) is 71.5 Å². The van der Waals surface area contributed by atoms with Gasteiger partial charge in [-0.05, 0) is 35.9 Å². The summed E-state index contributed by atoms with van der Waals surface area (Å²) in [6.45, 7) is 2.10. The molecule has 1 N–H and O–H groups in total. The number of ether oxygens (including phenoxy) is 4. The Bertz CT molecular complexity index is 1410. The lowest BCUT2D eigenvalue weighted by Crippen LogP contribution is -2.26. The van der Waals surface area contributed by atoms with Gasteiger partial charge < -0.3 is 28.7 Å². The first-order valence-corrected chi connectivity index (χ1v) is 12.6. The first-order valence-electron chi connectivity index (χ1n) is 12.6. The van der Waals surface area contributed by atoms with Crippen molar-refractivity contribution in [3.63, 3.8) is 0 Å². The number of oxazole rings is 1. The highest BCUT2D eigenvalue weighted by atomic mass is 16.7.